The Labute approximate surface area is 150 Å². The van der Waals surface area contributed by atoms with E-state index in [1.54, 1.807) is 12.1 Å². The number of ketones is 1. The highest BCUT2D eigenvalue weighted by molar-refractivity contribution is 6.07. The average Bonchev–Trinajstić information content (AvgIpc) is 3.33. The Morgan fingerprint density at radius 2 is 1.08 bits per heavy atom. The molecule has 2 aromatic heterocycles. The van der Waals surface area contributed by atoms with Gasteiger partial charge in [-0.05, 0) is 12.1 Å². The minimum Gasteiger partial charge on any atom is -0.285 e. The Morgan fingerprint density at radius 3 is 1.48 bits per heavy atom. The molecule has 0 saturated carbocycles. The van der Waals surface area contributed by atoms with E-state index in [2.05, 4.69) is 20.4 Å². The summed E-state index contributed by atoms with van der Waals surface area (Å²) in [7, 11) is 0. The molecule has 0 bridgehead atoms. The van der Waals surface area contributed by atoms with Crippen LogP contribution in [-0.4, -0.2) is 26.2 Å². The van der Waals surface area contributed by atoms with Crippen LogP contribution in [0.2, 0.25) is 0 Å². The van der Waals surface area contributed by atoms with E-state index in [0.717, 1.165) is 22.5 Å². The second-order valence-electron chi connectivity index (χ2n) is 5.39. The summed E-state index contributed by atoms with van der Waals surface area (Å²) in [6.45, 7) is 0. The minimum absolute atomic E-state index is 0. The molecule has 0 unspecified atom stereocenters. The average molecular weight is 351 g/mol. The second kappa shape index (κ2) is 7.15. The summed E-state index contributed by atoms with van der Waals surface area (Å²) in [6, 6.07) is 22.9. The first-order valence-electron chi connectivity index (χ1n) is 7.57. The largest absolute Gasteiger partial charge is 0.285 e. The Bertz CT molecular complexity index is 897. The molecular formula is C19H15ClN4O. The number of H-pyrrole nitrogens is 2. The van der Waals surface area contributed by atoms with Crippen molar-refractivity contribution in [1.29, 1.82) is 0 Å². The lowest BCUT2D eigenvalue weighted by Gasteiger charge is -1.93. The van der Waals surface area contributed by atoms with Crippen molar-refractivity contribution in [2.24, 2.45) is 0 Å². The molecule has 0 spiro atoms. The third-order valence-electron chi connectivity index (χ3n) is 3.78. The van der Waals surface area contributed by atoms with E-state index in [1.807, 2.05) is 60.7 Å². The summed E-state index contributed by atoms with van der Waals surface area (Å²) in [5, 5.41) is 14.0. The van der Waals surface area contributed by atoms with Gasteiger partial charge in [0.1, 0.15) is 11.4 Å². The Hall–Kier alpha value is -3.18. The molecule has 0 aliphatic rings. The van der Waals surface area contributed by atoms with Gasteiger partial charge in [0.15, 0.2) is 0 Å². The highest BCUT2D eigenvalue weighted by atomic mass is 35.5. The number of benzene rings is 2. The molecule has 0 radical (unpaired) electrons. The van der Waals surface area contributed by atoms with Crippen molar-refractivity contribution >= 4 is 18.2 Å². The van der Waals surface area contributed by atoms with Crippen LogP contribution in [0.1, 0.15) is 16.2 Å². The lowest BCUT2D eigenvalue weighted by Crippen LogP contribution is -2.02. The van der Waals surface area contributed by atoms with Gasteiger partial charge in [0, 0.05) is 11.1 Å². The third-order valence-corrected chi connectivity index (χ3v) is 3.78. The van der Waals surface area contributed by atoms with Gasteiger partial charge < -0.3 is 0 Å². The fourth-order valence-corrected chi connectivity index (χ4v) is 2.53. The van der Waals surface area contributed by atoms with Gasteiger partial charge in [-0.15, -0.1) is 12.4 Å². The lowest BCUT2D eigenvalue weighted by molar-refractivity contribution is 0.102. The molecule has 0 saturated heterocycles. The fourth-order valence-electron chi connectivity index (χ4n) is 2.53. The Balaban J connectivity index is 0.00000182. The summed E-state index contributed by atoms with van der Waals surface area (Å²) in [5.41, 5.74) is 4.25. The summed E-state index contributed by atoms with van der Waals surface area (Å²) in [5.74, 6) is -0.167. The molecule has 0 fully saturated rings. The van der Waals surface area contributed by atoms with Gasteiger partial charge in [0.25, 0.3) is 0 Å². The first-order valence-corrected chi connectivity index (χ1v) is 7.57. The van der Waals surface area contributed by atoms with Crippen LogP contribution in [0.4, 0.5) is 0 Å². The predicted octanol–water partition coefficient (Wildman–Crippen LogP) is 4.12. The van der Waals surface area contributed by atoms with Crippen molar-refractivity contribution in [2.75, 3.05) is 0 Å². The third kappa shape index (κ3) is 3.36. The molecule has 2 aromatic carbocycles. The molecule has 5 nitrogen and oxygen atoms in total. The van der Waals surface area contributed by atoms with E-state index < -0.39 is 0 Å². The van der Waals surface area contributed by atoms with E-state index in [-0.39, 0.29) is 18.2 Å². The van der Waals surface area contributed by atoms with Crippen LogP contribution in [0, 0.1) is 0 Å². The van der Waals surface area contributed by atoms with Gasteiger partial charge >= 0.3 is 0 Å². The van der Waals surface area contributed by atoms with Crippen LogP contribution in [0.15, 0.2) is 72.8 Å². The molecule has 124 valence electrons. The topological polar surface area (TPSA) is 74.4 Å². The van der Waals surface area contributed by atoms with Gasteiger partial charge in [0.2, 0.25) is 5.78 Å². The lowest BCUT2D eigenvalue weighted by atomic mass is 10.1. The molecule has 4 rings (SSSR count). The maximum Gasteiger partial charge on any atom is 0.228 e. The summed E-state index contributed by atoms with van der Waals surface area (Å²) >= 11 is 0. The van der Waals surface area contributed by atoms with Gasteiger partial charge in [-0.3, -0.25) is 15.0 Å². The normalized spacial score (nSPS) is 10.2. The molecule has 6 heteroatoms. The number of halogens is 1. The number of rotatable bonds is 4. The summed E-state index contributed by atoms with van der Waals surface area (Å²) in [6.07, 6.45) is 0. The van der Waals surface area contributed by atoms with Crippen LogP contribution in [0.25, 0.3) is 22.5 Å². The van der Waals surface area contributed by atoms with Gasteiger partial charge in [-0.1, -0.05) is 60.7 Å². The van der Waals surface area contributed by atoms with E-state index in [0.29, 0.717) is 11.4 Å². The standard InChI is InChI=1S/C19H14N4O.ClH/c24-19(17-11-15(20-22-17)13-7-3-1-4-8-13)18-12-16(21-23-18)14-9-5-2-6-10-14;/h1-12H,(H,20,22)(H,21,23);1H. The van der Waals surface area contributed by atoms with Crippen molar-refractivity contribution in [3.05, 3.63) is 84.2 Å². The van der Waals surface area contributed by atoms with Gasteiger partial charge in [-0.2, -0.15) is 10.2 Å². The quantitative estimate of drug-likeness (QED) is 0.544. The number of aromatic nitrogens is 4. The van der Waals surface area contributed by atoms with Gasteiger partial charge in [-0.25, -0.2) is 0 Å². The number of hydrogen-bond donors (Lipinski definition) is 2. The zero-order chi connectivity index (χ0) is 16.4. The molecule has 2 heterocycles. The highest BCUT2D eigenvalue weighted by Crippen LogP contribution is 2.20. The molecule has 0 aliphatic carbocycles. The zero-order valence-electron chi connectivity index (χ0n) is 13.1. The van der Waals surface area contributed by atoms with Gasteiger partial charge in [0.05, 0.1) is 11.4 Å². The number of aromatic amines is 2. The van der Waals surface area contributed by atoms with Crippen LogP contribution in [0.5, 0.6) is 0 Å². The first-order chi connectivity index (χ1) is 11.8. The van der Waals surface area contributed by atoms with Crippen molar-refractivity contribution in [1.82, 2.24) is 20.4 Å². The van der Waals surface area contributed by atoms with E-state index in [1.165, 1.54) is 0 Å². The van der Waals surface area contributed by atoms with Crippen molar-refractivity contribution < 1.29 is 4.79 Å². The number of nitrogens with one attached hydrogen (secondary N) is 2. The van der Waals surface area contributed by atoms with Crippen LogP contribution in [0.3, 0.4) is 0 Å². The highest BCUT2D eigenvalue weighted by Gasteiger charge is 2.16. The molecule has 2 N–H and O–H groups in total. The molecule has 25 heavy (non-hydrogen) atoms. The predicted molar refractivity (Wildman–Crippen MR) is 98.7 cm³/mol. The van der Waals surface area contributed by atoms with E-state index in [4.69, 9.17) is 0 Å². The molecule has 0 amide bonds. The van der Waals surface area contributed by atoms with Crippen molar-refractivity contribution in [2.45, 2.75) is 0 Å². The van der Waals surface area contributed by atoms with Crippen molar-refractivity contribution in [3.63, 3.8) is 0 Å². The smallest absolute Gasteiger partial charge is 0.228 e. The number of hydrogen-bond acceptors (Lipinski definition) is 3. The SMILES string of the molecule is Cl.O=C(c1cc(-c2ccccc2)n[nH]1)c1cc(-c2ccccc2)n[nH]1. The molecule has 0 atom stereocenters. The molecular weight excluding hydrogens is 336 g/mol. The molecule has 4 aromatic rings. The first kappa shape index (κ1) is 16.7. The number of carbonyl (C=O) groups is 1. The maximum atomic E-state index is 12.6. The van der Waals surface area contributed by atoms with Crippen LogP contribution >= 0.6 is 12.4 Å². The summed E-state index contributed by atoms with van der Waals surface area (Å²) < 4.78 is 0. The zero-order valence-corrected chi connectivity index (χ0v) is 14.0. The van der Waals surface area contributed by atoms with Crippen LogP contribution < -0.4 is 0 Å². The number of carbonyl (C=O) groups excluding carboxylic acids is 1. The van der Waals surface area contributed by atoms with E-state index >= 15 is 0 Å². The van der Waals surface area contributed by atoms with Crippen LogP contribution in [-0.2, 0) is 0 Å². The monoisotopic (exact) mass is 350 g/mol. The molecule has 0 aliphatic heterocycles. The minimum atomic E-state index is -0.167. The second-order valence-corrected chi connectivity index (χ2v) is 5.39. The maximum absolute atomic E-state index is 12.6. The van der Waals surface area contributed by atoms with Crippen molar-refractivity contribution in [3.8, 4) is 22.5 Å². The fraction of sp³-hybridized carbons (Fsp3) is 0. The summed E-state index contributed by atoms with van der Waals surface area (Å²) in [4.78, 5) is 12.6. The Kier molecular flexibility index (Phi) is 4.77. The Morgan fingerprint density at radius 1 is 0.680 bits per heavy atom. The number of nitrogens with zero attached hydrogens (tertiary/aromatic N) is 2. The van der Waals surface area contributed by atoms with E-state index in [9.17, 15) is 4.79 Å².